The molecule has 74 valence electrons. The number of ether oxygens (including phenoxy) is 3. The summed E-state index contributed by atoms with van der Waals surface area (Å²) in [6.45, 7) is 0. The Kier molecular flexibility index (Phi) is 2.31. The predicted octanol–water partition coefficient (Wildman–Crippen LogP) is -0.593. The van der Waals surface area contributed by atoms with E-state index in [4.69, 9.17) is 14.2 Å². The average Bonchev–Trinajstić information content (AvgIpc) is 2.56. The Hall–Kier alpha value is -0.170. The summed E-state index contributed by atoms with van der Waals surface area (Å²) in [6.07, 6.45) is -2.67. The zero-order valence-electron chi connectivity index (χ0n) is 6.84. The number of rotatable bonds is 1. The molecule has 0 amide bonds. The average molecular weight is 253 g/mol. The van der Waals surface area contributed by atoms with Crippen LogP contribution in [-0.4, -0.2) is 47.6 Å². The molecule has 5 nitrogen and oxygen atoms in total. The van der Waals surface area contributed by atoms with Crippen molar-refractivity contribution in [2.24, 2.45) is 0 Å². The predicted molar refractivity (Wildman–Crippen MR) is 44.3 cm³/mol. The lowest BCUT2D eigenvalue weighted by Gasteiger charge is -2.14. The number of carbonyl (C=O) groups is 1. The smallest absolute Gasteiger partial charge is 0.323 e. The lowest BCUT2D eigenvalue weighted by atomic mass is 10.1. The zero-order chi connectivity index (χ0) is 9.59. The first kappa shape index (κ1) is 9.39. The third kappa shape index (κ3) is 1.28. The molecule has 0 aromatic rings. The molecular weight excluding hydrogens is 244 g/mol. The highest BCUT2D eigenvalue weighted by molar-refractivity contribution is 9.10. The first-order chi connectivity index (χ1) is 6.15. The van der Waals surface area contributed by atoms with E-state index in [2.05, 4.69) is 15.9 Å². The Morgan fingerprint density at radius 3 is 2.77 bits per heavy atom. The Morgan fingerprint density at radius 1 is 1.54 bits per heavy atom. The van der Waals surface area contributed by atoms with Crippen molar-refractivity contribution in [3.8, 4) is 0 Å². The molecule has 2 saturated heterocycles. The lowest BCUT2D eigenvalue weighted by molar-refractivity contribution is -0.163. The van der Waals surface area contributed by atoms with Crippen LogP contribution in [0.2, 0.25) is 0 Å². The SMILES string of the molecule is CO[C@@H]1O[C@@H]2[C@@H](OC(=O)[C@H]2Br)[C@@H]1O. The summed E-state index contributed by atoms with van der Waals surface area (Å²) in [6, 6.07) is 0. The van der Waals surface area contributed by atoms with Gasteiger partial charge in [0, 0.05) is 7.11 Å². The van der Waals surface area contributed by atoms with Gasteiger partial charge in [-0.2, -0.15) is 0 Å². The standard InChI is InChI=1S/C7H9BrO5/c1-11-7-3(9)5-4(13-7)2(8)6(10)12-5/h2-5,7,9H,1H3/t2-,3-,4-,5-,7+/m0/s1. The van der Waals surface area contributed by atoms with Crippen LogP contribution in [0.3, 0.4) is 0 Å². The molecule has 0 radical (unpaired) electrons. The van der Waals surface area contributed by atoms with Gasteiger partial charge in [0.2, 0.25) is 0 Å². The third-order valence-corrected chi connectivity index (χ3v) is 3.12. The number of hydrogen-bond acceptors (Lipinski definition) is 5. The summed E-state index contributed by atoms with van der Waals surface area (Å²) in [5.41, 5.74) is 0. The first-order valence-corrected chi connectivity index (χ1v) is 4.77. The molecule has 0 spiro atoms. The Labute approximate surface area is 83.1 Å². The fourth-order valence-corrected chi connectivity index (χ4v) is 2.10. The van der Waals surface area contributed by atoms with E-state index in [1.165, 1.54) is 7.11 Å². The lowest BCUT2D eigenvalue weighted by Crippen LogP contribution is -2.32. The zero-order valence-corrected chi connectivity index (χ0v) is 8.43. The van der Waals surface area contributed by atoms with E-state index >= 15 is 0 Å². The molecule has 0 aliphatic carbocycles. The van der Waals surface area contributed by atoms with Gasteiger partial charge in [-0.1, -0.05) is 15.9 Å². The van der Waals surface area contributed by atoms with E-state index in [1.54, 1.807) is 0 Å². The van der Waals surface area contributed by atoms with Gasteiger partial charge >= 0.3 is 5.97 Å². The van der Waals surface area contributed by atoms with Gasteiger partial charge in [0.25, 0.3) is 0 Å². The van der Waals surface area contributed by atoms with E-state index in [0.717, 1.165) is 0 Å². The molecule has 0 saturated carbocycles. The van der Waals surface area contributed by atoms with Crippen molar-refractivity contribution in [2.75, 3.05) is 7.11 Å². The Bertz CT molecular complexity index is 233. The number of halogens is 1. The molecular formula is C7H9BrO5. The number of methoxy groups -OCH3 is 1. The normalized spacial score (nSPS) is 49.2. The van der Waals surface area contributed by atoms with Crippen LogP contribution >= 0.6 is 15.9 Å². The summed E-state index contributed by atoms with van der Waals surface area (Å²) in [5, 5.41) is 9.55. The second kappa shape index (κ2) is 3.20. The minimum atomic E-state index is -0.901. The number of aliphatic hydroxyl groups is 1. The van der Waals surface area contributed by atoms with Crippen LogP contribution in [0.5, 0.6) is 0 Å². The number of esters is 1. The van der Waals surface area contributed by atoms with Crippen molar-refractivity contribution in [1.29, 1.82) is 0 Å². The minimum Gasteiger partial charge on any atom is -0.456 e. The molecule has 6 heteroatoms. The van der Waals surface area contributed by atoms with E-state index in [-0.39, 0.29) is 0 Å². The molecule has 2 aliphatic rings. The Morgan fingerprint density at radius 2 is 2.23 bits per heavy atom. The highest BCUT2D eigenvalue weighted by Crippen LogP contribution is 2.35. The maximum Gasteiger partial charge on any atom is 0.323 e. The summed E-state index contributed by atoms with van der Waals surface area (Å²) in [4.78, 5) is 10.5. The van der Waals surface area contributed by atoms with Gasteiger partial charge in [0.1, 0.15) is 17.0 Å². The molecule has 2 aliphatic heterocycles. The minimum absolute atomic E-state index is 0.399. The van der Waals surface area contributed by atoms with Gasteiger partial charge in [-0.25, -0.2) is 0 Å². The van der Waals surface area contributed by atoms with E-state index in [1.807, 2.05) is 0 Å². The van der Waals surface area contributed by atoms with E-state index in [9.17, 15) is 9.90 Å². The number of hydrogen-bond donors (Lipinski definition) is 1. The highest BCUT2D eigenvalue weighted by Gasteiger charge is 2.56. The van der Waals surface area contributed by atoms with Gasteiger partial charge in [0.05, 0.1) is 0 Å². The monoisotopic (exact) mass is 252 g/mol. The number of carbonyl (C=O) groups excluding carboxylic acids is 1. The largest absolute Gasteiger partial charge is 0.456 e. The van der Waals surface area contributed by atoms with E-state index < -0.39 is 35.4 Å². The number of alkyl halides is 1. The quantitative estimate of drug-likeness (QED) is 0.499. The maximum atomic E-state index is 11.0. The fourth-order valence-electron chi connectivity index (χ4n) is 1.56. The van der Waals surface area contributed by atoms with Crippen LogP contribution in [0.4, 0.5) is 0 Å². The van der Waals surface area contributed by atoms with Gasteiger partial charge < -0.3 is 19.3 Å². The second-order valence-electron chi connectivity index (χ2n) is 3.00. The van der Waals surface area contributed by atoms with Gasteiger partial charge in [-0.05, 0) is 0 Å². The fraction of sp³-hybridized carbons (Fsp3) is 0.857. The molecule has 2 heterocycles. The summed E-state index contributed by atoms with van der Waals surface area (Å²) >= 11 is 3.13. The van der Waals surface area contributed by atoms with Crippen LogP contribution in [0, 0.1) is 0 Å². The topological polar surface area (TPSA) is 65.0 Å². The molecule has 2 rings (SSSR count). The van der Waals surface area contributed by atoms with Crippen molar-refractivity contribution >= 4 is 21.9 Å². The maximum absolute atomic E-state index is 11.0. The van der Waals surface area contributed by atoms with Crippen molar-refractivity contribution in [2.45, 2.75) is 29.4 Å². The summed E-state index contributed by atoms with van der Waals surface area (Å²) < 4.78 is 15.0. The molecule has 5 atom stereocenters. The molecule has 13 heavy (non-hydrogen) atoms. The van der Waals surface area contributed by atoms with E-state index in [0.29, 0.717) is 0 Å². The van der Waals surface area contributed by atoms with Gasteiger partial charge in [-0.3, -0.25) is 4.79 Å². The molecule has 0 bridgehead atoms. The molecule has 1 N–H and O–H groups in total. The highest BCUT2D eigenvalue weighted by atomic mass is 79.9. The van der Waals surface area contributed by atoms with Crippen LogP contribution < -0.4 is 0 Å². The second-order valence-corrected chi connectivity index (χ2v) is 3.99. The first-order valence-electron chi connectivity index (χ1n) is 3.86. The number of aliphatic hydroxyl groups excluding tert-OH is 1. The van der Waals surface area contributed by atoms with Crippen LogP contribution in [0.1, 0.15) is 0 Å². The van der Waals surface area contributed by atoms with Crippen LogP contribution in [0.25, 0.3) is 0 Å². The molecule has 0 aromatic carbocycles. The van der Waals surface area contributed by atoms with Crippen LogP contribution in [0.15, 0.2) is 0 Å². The Balaban J connectivity index is 2.14. The van der Waals surface area contributed by atoms with Crippen LogP contribution in [-0.2, 0) is 19.0 Å². The van der Waals surface area contributed by atoms with Crippen molar-refractivity contribution in [1.82, 2.24) is 0 Å². The molecule has 0 unspecified atom stereocenters. The van der Waals surface area contributed by atoms with Gasteiger partial charge in [-0.15, -0.1) is 0 Å². The third-order valence-electron chi connectivity index (χ3n) is 2.23. The summed E-state index contributed by atoms with van der Waals surface area (Å²) in [5.74, 6) is -0.399. The van der Waals surface area contributed by atoms with Crippen molar-refractivity contribution in [3.05, 3.63) is 0 Å². The van der Waals surface area contributed by atoms with Crippen molar-refractivity contribution < 1.29 is 24.1 Å². The van der Waals surface area contributed by atoms with Crippen molar-refractivity contribution in [3.63, 3.8) is 0 Å². The molecule has 0 aromatic heterocycles. The number of fused-ring (bicyclic) bond motifs is 1. The van der Waals surface area contributed by atoms with Gasteiger partial charge in [0.15, 0.2) is 12.4 Å². The summed E-state index contributed by atoms with van der Waals surface area (Å²) in [7, 11) is 1.43. The molecule has 2 fully saturated rings.